The lowest BCUT2D eigenvalue weighted by atomic mass is 10.3. The van der Waals surface area contributed by atoms with E-state index in [9.17, 15) is 0 Å². The number of oxazole rings is 1. The zero-order valence-electron chi connectivity index (χ0n) is 8.69. The Morgan fingerprint density at radius 1 is 1.40 bits per heavy atom. The summed E-state index contributed by atoms with van der Waals surface area (Å²) in [6, 6.07) is 1.93. The van der Waals surface area contributed by atoms with E-state index >= 15 is 0 Å². The van der Waals surface area contributed by atoms with Crippen LogP contribution in [0.25, 0.3) is 0 Å². The van der Waals surface area contributed by atoms with E-state index in [0.29, 0.717) is 6.54 Å². The molecule has 0 saturated carbocycles. The van der Waals surface area contributed by atoms with Crippen LogP contribution in [0.4, 0.5) is 0 Å². The summed E-state index contributed by atoms with van der Waals surface area (Å²) in [6.45, 7) is 3.45. The van der Waals surface area contributed by atoms with Gasteiger partial charge in [-0.05, 0) is 6.07 Å². The molecule has 0 radical (unpaired) electrons. The molecule has 0 amide bonds. The highest BCUT2D eigenvalue weighted by molar-refractivity contribution is 5.04. The molecule has 15 heavy (non-hydrogen) atoms. The summed E-state index contributed by atoms with van der Waals surface area (Å²) in [4.78, 5) is 4.15. The van der Waals surface area contributed by atoms with Gasteiger partial charge in [-0.1, -0.05) is 6.92 Å². The van der Waals surface area contributed by atoms with Crippen LogP contribution < -0.4 is 5.32 Å². The zero-order chi connectivity index (χ0) is 10.5. The number of nitrogens with zero attached hydrogens (tertiary/aromatic N) is 1. The predicted molar refractivity (Wildman–Crippen MR) is 55.1 cm³/mol. The lowest BCUT2D eigenvalue weighted by Crippen LogP contribution is -2.12. The summed E-state index contributed by atoms with van der Waals surface area (Å²) in [6.07, 6.45) is 6.04. The molecule has 2 aromatic rings. The summed E-state index contributed by atoms with van der Waals surface area (Å²) in [7, 11) is 0. The lowest BCUT2D eigenvalue weighted by molar-refractivity contribution is 0.438. The maximum Gasteiger partial charge on any atom is 0.208 e. The fraction of sp³-hybridized carbons (Fsp3) is 0.364. The molecule has 0 aliphatic heterocycles. The summed E-state index contributed by atoms with van der Waals surface area (Å²) in [5, 5.41) is 3.23. The van der Waals surface area contributed by atoms with Crippen LogP contribution in [0.3, 0.4) is 0 Å². The molecular weight excluding hydrogens is 192 g/mol. The molecular formula is C11H14N2O2. The van der Waals surface area contributed by atoms with Crippen molar-refractivity contribution in [2.75, 3.05) is 0 Å². The second kappa shape index (κ2) is 4.79. The van der Waals surface area contributed by atoms with Gasteiger partial charge in [0, 0.05) is 18.5 Å². The van der Waals surface area contributed by atoms with E-state index < -0.39 is 0 Å². The van der Waals surface area contributed by atoms with Crippen molar-refractivity contribution >= 4 is 0 Å². The van der Waals surface area contributed by atoms with Gasteiger partial charge in [0.15, 0.2) is 0 Å². The molecule has 0 aromatic carbocycles. The predicted octanol–water partition coefficient (Wildman–Crippen LogP) is 2.12. The van der Waals surface area contributed by atoms with Gasteiger partial charge in [0.05, 0.1) is 25.3 Å². The normalized spacial score (nSPS) is 10.7. The van der Waals surface area contributed by atoms with Gasteiger partial charge in [-0.3, -0.25) is 0 Å². The largest absolute Gasteiger partial charge is 0.472 e. The van der Waals surface area contributed by atoms with E-state index in [4.69, 9.17) is 8.83 Å². The average molecular weight is 206 g/mol. The molecule has 0 atom stereocenters. The third kappa shape index (κ3) is 2.70. The fourth-order valence-corrected chi connectivity index (χ4v) is 1.30. The number of nitrogens with one attached hydrogen (secondary N) is 1. The van der Waals surface area contributed by atoms with Crippen molar-refractivity contribution in [3.63, 3.8) is 0 Å². The Balaban J connectivity index is 1.78. The van der Waals surface area contributed by atoms with Crippen LogP contribution >= 0.6 is 0 Å². The quantitative estimate of drug-likeness (QED) is 0.814. The van der Waals surface area contributed by atoms with Gasteiger partial charge in [-0.2, -0.15) is 0 Å². The first-order chi connectivity index (χ1) is 7.38. The highest BCUT2D eigenvalue weighted by atomic mass is 16.4. The second-order valence-corrected chi connectivity index (χ2v) is 3.31. The maximum atomic E-state index is 5.46. The third-order valence-electron chi connectivity index (χ3n) is 2.14. The van der Waals surface area contributed by atoms with Gasteiger partial charge in [-0.25, -0.2) is 4.98 Å². The molecule has 2 aromatic heterocycles. The van der Waals surface area contributed by atoms with Gasteiger partial charge >= 0.3 is 0 Å². The number of furan rings is 1. The SMILES string of the molecule is CCc1cnc(CNCc2ccoc2)o1. The molecule has 1 N–H and O–H groups in total. The Labute approximate surface area is 88.3 Å². The number of aryl methyl sites for hydroxylation is 1. The van der Waals surface area contributed by atoms with E-state index in [1.165, 1.54) is 0 Å². The van der Waals surface area contributed by atoms with Gasteiger partial charge < -0.3 is 14.2 Å². The zero-order valence-corrected chi connectivity index (χ0v) is 8.69. The van der Waals surface area contributed by atoms with Crippen LogP contribution in [0.1, 0.15) is 24.1 Å². The topological polar surface area (TPSA) is 51.2 Å². The van der Waals surface area contributed by atoms with Crippen molar-refractivity contribution in [2.24, 2.45) is 0 Å². The van der Waals surface area contributed by atoms with Gasteiger partial charge in [0.1, 0.15) is 5.76 Å². The van der Waals surface area contributed by atoms with E-state index in [0.717, 1.165) is 30.2 Å². The van der Waals surface area contributed by atoms with Gasteiger partial charge in [0.2, 0.25) is 5.89 Å². The first-order valence-electron chi connectivity index (χ1n) is 5.04. The minimum atomic E-state index is 0.644. The fourth-order valence-electron chi connectivity index (χ4n) is 1.30. The molecule has 2 heterocycles. The Kier molecular flexibility index (Phi) is 3.19. The van der Waals surface area contributed by atoms with E-state index in [-0.39, 0.29) is 0 Å². The molecule has 2 rings (SSSR count). The highest BCUT2D eigenvalue weighted by Crippen LogP contribution is 2.04. The minimum Gasteiger partial charge on any atom is -0.472 e. The molecule has 4 nitrogen and oxygen atoms in total. The van der Waals surface area contributed by atoms with Crippen LogP contribution in [0.5, 0.6) is 0 Å². The van der Waals surface area contributed by atoms with Gasteiger partial charge in [-0.15, -0.1) is 0 Å². The van der Waals surface area contributed by atoms with Gasteiger partial charge in [0.25, 0.3) is 0 Å². The van der Waals surface area contributed by atoms with Crippen LogP contribution in [0.15, 0.2) is 33.6 Å². The lowest BCUT2D eigenvalue weighted by Gasteiger charge is -1.98. The van der Waals surface area contributed by atoms with Crippen LogP contribution in [0, 0.1) is 0 Å². The molecule has 4 heteroatoms. The Morgan fingerprint density at radius 3 is 3.00 bits per heavy atom. The summed E-state index contributed by atoms with van der Waals surface area (Å²) in [5.74, 6) is 1.66. The molecule has 0 saturated heterocycles. The average Bonchev–Trinajstić information content (AvgIpc) is 2.88. The number of hydrogen-bond donors (Lipinski definition) is 1. The Morgan fingerprint density at radius 2 is 2.33 bits per heavy atom. The first-order valence-corrected chi connectivity index (χ1v) is 5.04. The maximum absolute atomic E-state index is 5.46. The van der Waals surface area contributed by atoms with Crippen molar-refractivity contribution < 1.29 is 8.83 Å². The van der Waals surface area contributed by atoms with E-state index in [2.05, 4.69) is 10.3 Å². The summed E-state index contributed by atoms with van der Waals surface area (Å²) in [5.41, 5.74) is 1.12. The van der Waals surface area contributed by atoms with Crippen molar-refractivity contribution in [3.05, 3.63) is 42.0 Å². The second-order valence-electron chi connectivity index (χ2n) is 3.31. The van der Waals surface area contributed by atoms with Crippen LogP contribution in [-0.4, -0.2) is 4.98 Å². The molecule has 0 spiro atoms. The number of hydrogen-bond acceptors (Lipinski definition) is 4. The van der Waals surface area contributed by atoms with Crippen molar-refractivity contribution in [1.29, 1.82) is 0 Å². The number of aromatic nitrogens is 1. The first kappa shape index (κ1) is 9.98. The van der Waals surface area contributed by atoms with E-state index in [1.54, 1.807) is 18.7 Å². The summed E-state index contributed by atoms with van der Waals surface area (Å²) >= 11 is 0. The van der Waals surface area contributed by atoms with Crippen LogP contribution in [-0.2, 0) is 19.5 Å². The molecule has 0 fully saturated rings. The van der Waals surface area contributed by atoms with Crippen molar-refractivity contribution in [1.82, 2.24) is 10.3 Å². The number of rotatable bonds is 5. The molecule has 0 aliphatic rings. The smallest absolute Gasteiger partial charge is 0.208 e. The highest BCUT2D eigenvalue weighted by Gasteiger charge is 2.01. The summed E-state index contributed by atoms with van der Waals surface area (Å²) < 4.78 is 10.4. The Hall–Kier alpha value is -1.55. The van der Waals surface area contributed by atoms with E-state index in [1.807, 2.05) is 13.0 Å². The monoisotopic (exact) mass is 206 g/mol. The Bertz CT molecular complexity index is 392. The van der Waals surface area contributed by atoms with Crippen molar-refractivity contribution in [2.45, 2.75) is 26.4 Å². The standard InChI is InChI=1S/C11H14N2O2/c1-2-10-6-13-11(15-10)7-12-5-9-3-4-14-8-9/h3-4,6,8,12H,2,5,7H2,1H3. The molecule has 0 bridgehead atoms. The minimum absolute atomic E-state index is 0.644. The molecule has 0 unspecified atom stereocenters. The third-order valence-corrected chi connectivity index (χ3v) is 2.14. The molecule has 80 valence electrons. The van der Waals surface area contributed by atoms with Crippen LogP contribution in [0.2, 0.25) is 0 Å². The van der Waals surface area contributed by atoms with Crippen molar-refractivity contribution in [3.8, 4) is 0 Å². The molecule has 0 aliphatic carbocycles.